The highest BCUT2D eigenvalue weighted by Gasteiger charge is 2.24. The van der Waals surface area contributed by atoms with Crippen molar-refractivity contribution in [2.75, 3.05) is 0 Å². The van der Waals surface area contributed by atoms with E-state index in [4.69, 9.17) is 5.11 Å². The zero-order valence-corrected chi connectivity index (χ0v) is 9.40. The fraction of sp³-hybridized carbons (Fsp3) is 0.308. The largest absolute Gasteiger partial charge is 0.481 e. The van der Waals surface area contributed by atoms with Gasteiger partial charge in [-0.25, -0.2) is 4.39 Å². The number of carbonyl (C=O) groups is 1. The molecule has 0 amide bonds. The standard InChI is InChI=1S/C13H15FO2/c1-13(2,12(15)16)9-3-4-10-5-7-11(14)8-6-10/h3-8H,9H2,1-2H3,(H,15,16). The van der Waals surface area contributed by atoms with E-state index in [-0.39, 0.29) is 5.82 Å². The predicted octanol–water partition coefficient (Wildman–Crippen LogP) is 3.34. The fourth-order valence-electron chi connectivity index (χ4n) is 1.15. The molecule has 0 atom stereocenters. The molecule has 2 nitrogen and oxygen atoms in total. The van der Waals surface area contributed by atoms with Crippen LogP contribution in [0.1, 0.15) is 25.8 Å². The smallest absolute Gasteiger partial charge is 0.309 e. The Balaban J connectivity index is 2.62. The van der Waals surface area contributed by atoms with E-state index in [0.29, 0.717) is 6.42 Å². The lowest BCUT2D eigenvalue weighted by Gasteiger charge is -2.15. The van der Waals surface area contributed by atoms with Gasteiger partial charge in [0.15, 0.2) is 0 Å². The molecule has 1 aromatic carbocycles. The van der Waals surface area contributed by atoms with Crippen molar-refractivity contribution in [1.29, 1.82) is 0 Å². The zero-order valence-electron chi connectivity index (χ0n) is 9.40. The van der Waals surface area contributed by atoms with Crippen LogP contribution in [-0.2, 0) is 4.79 Å². The molecule has 16 heavy (non-hydrogen) atoms. The third kappa shape index (κ3) is 3.50. The SMILES string of the molecule is CC(C)(CC=Cc1ccc(F)cc1)C(=O)O. The molecule has 0 spiro atoms. The van der Waals surface area contributed by atoms with Gasteiger partial charge in [0.25, 0.3) is 0 Å². The third-order valence-electron chi connectivity index (χ3n) is 2.39. The number of rotatable bonds is 4. The van der Waals surface area contributed by atoms with E-state index in [1.54, 1.807) is 38.1 Å². The minimum absolute atomic E-state index is 0.275. The summed E-state index contributed by atoms with van der Waals surface area (Å²) in [4.78, 5) is 10.8. The van der Waals surface area contributed by atoms with Crippen LogP contribution in [0.5, 0.6) is 0 Å². The van der Waals surface area contributed by atoms with Crippen LogP contribution >= 0.6 is 0 Å². The van der Waals surface area contributed by atoms with Gasteiger partial charge in [-0.2, -0.15) is 0 Å². The molecule has 1 N–H and O–H groups in total. The normalized spacial score (nSPS) is 11.9. The van der Waals surface area contributed by atoms with Gasteiger partial charge in [0.2, 0.25) is 0 Å². The molecule has 0 aliphatic carbocycles. The van der Waals surface area contributed by atoms with Crippen molar-refractivity contribution in [1.82, 2.24) is 0 Å². The predicted molar refractivity (Wildman–Crippen MR) is 61.5 cm³/mol. The monoisotopic (exact) mass is 222 g/mol. The summed E-state index contributed by atoms with van der Waals surface area (Å²) in [5.41, 5.74) is 0.0962. The second-order valence-electron chi connectivity index (χ2n) is 4.35. The number of halogens is 1. The van der Waals surface area contributed by atoms with Crippen LogP contribution in [0.25, 0.3) is 6.08 Å². The van der Waals surface area contributed by atoms with Gasteiger partial charge in [-0.05, 0) is 38.0 Å². The average Bonchev–Trinajstić information content (AvgIpc) is 2.20. The van der Waals surface area contributed by atoms with Crippen molar-refractivity contribution in [3.63, 3.8) is 0 Å². The van der Waals surface area contributed by atoms with E-state index in [2.05, 4.69) is 0 Å². The lowest BCUT2D eigenvalue weighted by molar-refractivity contribution is -0.146. The van der Waals surface area contributed by atoms with Gasteiger partial charge < -0.3 is 5.11 Å². The van der Waals surface area contributed by atoms with E-state index in [1.165, 1.54) is 12.1 Å². The molecular formula is C13H15FO2. The van der Waals surface area contributed by atoms with E-state index >= 15 is 0 Å². The lowest BCUT2D eigenvalue weighted by atomic mass is 9.89. The van der Waals surface area contributed by atoms with Gasteiger partial charge in [0.1, 0.15) is 5.82 Å². The van der Waals surface area contributed by atoms with Gasteiger partial charge in [0, 0.05) is 0 Å². The first-order valence-corrected chi connectivity index (χ1v) is 5.07. The summed E-state index contributed by atoms with van der Waals surface area (Å²) >= 11 is 0. The van der Waals surface area contributed by atoms with Gasteiger partial charge in [-0.3, -0.25) is 4.79 Å². The number of allylic oxidation sites excluding steroid dienone is 1. The van der Waals surface area contributed by atoms with E-state index < -0.39 is 11.4 Å². The molecule has 0 fully saturated rings. The van der Waals surface area contributed by atoms with E-state index in [9.17, 15) is 9.18 Å². The minimum Gasteiger partial charge on any atom is -0.481 e. The van der Waals surface area contributed by atoms with Crippen molar-refractivity contribution in [3.8, 4) is 0 Å². The number of carboxylic acids is 1. The Bertz CT molecular complexity index is 391. The number of hydrogen-bond donors (Lipinski definition) is 1. The maximum Gasteiger partial charge on any atom is 0.309 e. The summed E-state index contributed by atoms with van der Waals surface area (Å²) in [5, 5.41) is 8.89. The van der Waals surface area contributed by atoms with Crippen molar-refractivity contribution >= 4 is 12.0 Å². The molecule has 86 valence electrons. The summed E-state index contributed by atoms with van der Waals surface area (Å²) in [5.74, 6) is -1.10. The Labute approximate surface area is 94.4 Å². The van der Waals surface area contributed by atoms with Gasteiger partial charge >= 0.3 is 5.97 Å². The van der Waals surface area contributed by atoms with Gasteiger partial charge in [-0.15, -0.1) is 0 Å². The molecule has 0 aromatic heterocycles. The second-order valence-corrected chi connectivity index (χ2v) is 4.35. The molecule has 1 aromatic rings. The van der Waals surface area contributed by atoms with Gasteiger partial charge in [0.05, 0.1) is 5.41 Å². The third-order valence-corrected chi connectivity index (χ3v) is 2.39. The van der Waals surface area contributed by atoms with Crippen LogP contribution in [0.3, 0.4) is 0 Å². The molecule has 0 heterocycles. The summed E-state index contributed by atoms with van der Waals surface area (Å²) in [6.07, 6.45) is 4.03. The van der Waals surface area contributed by atoms with Crippen molar-refractivity contribution in [2.24, 2.45) is 5.41 Å². The quantitative estimate of drug-likeness (QED) is 0.848. The first kappa shape index (κ1) is 12.4. The summed E-state index contributed by atoms with van der Waals surface area (Å²) in [6.45, 7) is 3.34. The van der Waals surface area contributed by atoms with Crippen LogP contribution in [-0.4, -0.2) is 11.1 Å². The molecule has 0 aliphatic heterocycles. The van der Waals surface area contributed by atoms with Crippen molar-refractivity contribution in [3.05, 3.63) is 41.7 Å². The molecule has 0 bridgehead atoms. The Morgan fingerprint density at radius 1 is 1.38 bits per heavy atom. The molecule has 0 saturated heterocycles. The number of benzene rings is 1. The molecular weight excluding hydrogens is 207 g/mol. The lowest BCUT2D eigenvalue weighted by Crippen LogP contribution is -2.22. The highest BCUT2D eigenvalue weighted by molar-refractivity contribution is 5.74. The Kier molecular flexibility index (Phi) is 3.82. The molecule has 3 heteroatoms. The maximum atomic E-state index is 12.6. The Morgan fingerprint density at radius 2 is 1.94 bits per heavy atom. The van der Waals surface area contributed by atoms with Crippen molar-refractivity contribution < 1.29 is 14.3 Å². The average molecular weight is 222 g/mol. The maximum absolute atomic E-state index is 12.6. The van der Waals surface area contributed by atoms with E-state index in [0.717, 1.165) is 5.56 Å². The molecule has 0 unspecified atom stereocenters. The first-order valence-electron chi connectivity index (χ1n) is 5.07. The number of aliphatic carboxylic acids is 1. The minimum atomic E-state index is -0.823. The summed E-state index contributed by atoms with van der Waals surface area (Å²) < 4.78 is 12.6. The highest BCUT2D eigenvalue weighted by Crippen LogP contribution is 2.21. The Morgan fingerprint density at radius 3 is 2.44 bits per heavy atom. The molecule has 0 radical (unpaired) electrons. The summed E-state index contributed by atoms with van der Waals surface area (Å²) in [6, 6.07) is 6.06. The number of hydrogen-bond acceptors (Lipinski definition) is 1. The Hall–Kier alpha value is -1.64. The topological polar surface area (TPSA) is 37.3 Å². The summed E-state index contributed by atoms with van der Waals surface area (Å²) in [7, 11) is 0. The van der Waals surface area contributed by atoms with Gasteiger partial charge in [-0.1, -0.05) is 24.3 Å². The van der Waals surface area contributed by atoms with Crippen LogP contribution < -0.4 is 0 Å². The first-order chi connectivity index (χ1) is 7.42. The second kappa shape index (κ2) is 4.92. The number of carboxylic acid groups (broad SMARTS) is 1. The highest BCUT2D eigenvalue weighted by atomic mass is 19.1. The van der Waals surface area contributed by atoms with Crippen LogP contribution in [0.2, 0.25) is 0 Å². The van der Waals surface area contributed by atoms with Crippen molar-refractivity contribution in [2.45, 2.75) is 20.3 Å². The molecule has 0 saturated carbocycles. The van der Waals surface area contributed by atoms with E-state index in [1.807, 2.05) is 0 Å². The van der Waals surface area contributed by atoms with Crippen LogP contribution in [0, 0.1) is 11.2 Å². The van der Waals surface area contributed by atoms with Crippen LogP contribution in [0.15, 0.2) is 30.3 Å². The fourth-order valence-corrected chi connectivity index (χ4v) is 1.15. The molecule has 0 aliphatic rings. The zero-order chi connectivity index (χ0) is 12.2. The molecule has 1 rings (SSSR count). The van der Waals surface area contributed by atoms with Crippen LogP contribution in [0.4, 0.5) is 4.39 Å².